The lowest BCUT2D eigenvalue weighted by molar-refractivity contribution is 0.845. The highest BCUT2D eigenvalue weighted by atomic mass is 13.9. The zero-order valence-electron chi connectivity index (χ0n) is 11.4. The van der Waals surface area contributed by atoms with Gasteiger partial charge in [-0.2, -0.15) is 0 Å². The summed E-state index contributed by atoms with van der Waals surface area (Å²) in [7, 11) is 0. The minimum Gasteiger partial charge on any atom is -0.114 e. The van der Waals surface area contributed by atoms with E-state index in [9.17, 15) is 0 Å². The standard InChI is InChI=1S/C16H25B/c1-3-5-13-17(14-6-4-2)15-12-16-10-8-7-9-11-16/h7-12,15H,3-6,13-14H2,1-2H3. The summed E-state index contributed by atoms with van der Waals surface area (Å²) in [5, 5.41) is 0. The van der Waals surface area contributed by atoms with Gasteiger partial charge in [-0.25, -0.2) is 0 Å². The Labute approximate surface area is 107 Å². The average Bonchev–Trinajstić information content (AvgIpc) is 2.39. The summed E-state index contributed by atoms with van der Waals surface area (Å²) < 4.78 is 0. The molecule has 0 saturated carbocycles. The number of unbranched alkanes of at least 4 members (excludes halogenated alkanes) is 2. The molecule has 1 heteroatoms. The average molecular weight is 228 g/mol. The topological polar surface area (TPSA) is 0 Å². The first-order valence-electron chi connectivity index (χ1n) is 7.10. The van der Waals surface area contributed by atoms with Crippen LogP contribution in [0.25, 0.3) is 6.08 Å². The van der Waals surface area contributed by atoms with Gasteiger partial charge in [0.1, 0.15) is 0 Å². The lowest BCUT2D eigenvalue weighted by Gasteiger charge is -2.07. The van der Waals surface area contributed by atoms with E-state index in [1.165, 1.54) is 43.9 Å². The third-order valence-electron chi connectivity index (χ3n) is 3.22. The molecule has 0 nitrogen and oxygen atoms in total. The third kappa shape index (κ3) is 6.36. The Morgan fingerprint density at radius 3 is 2.06 bits per heavy atom. The second kappa shape index (κ2) is 9.10. The normalized spacial score (nSPS) is 10.9. The van der Waals surface area contributed by atoms with Gasteiger partial charge in [0.15, 0.2) is 6.71 Å². The quantitative estimate of drug-likeness (QED) is 0.527. The van der Waals surface area contributed by atoms with Crippen LogP contribution in [0.1, 0.15) is 45.1 Å². The van der Waals surface area contributed by atoms with Crippen LogP contribution in [-0.2, 0) is 0 Å². The lowest BCUT2D eigenvalue weighted by atomic mass is 9.43. The molecular formula is C16H25B. The predicted octanol–water partition coefficient (Wildman–Crippen LogP) is 5.33. The Kier molecular flexibility index (Phi) is 7.54. The molecule has 0 atom stereocenters. The molecule has 17 heavy (non-hydrogen) atoms. The van der Waals surface area contributed by atoms with E-state index in [0.29, 0.717) is 0 Å². The molecule has 92 valence electrons. The van der Waals surface area contributed by atoms with Gasteiger partial charge in [-0.15, -0.1) is 5.98 Å². The minimum atomic E-state index is 0.773. The third-order valence-corrected chi connectivity index (χ3v) is 3.22. The van der Waals surface area contributed by atoms with Crippen LogP contribution in [-0.4, -0.2) is 6.71 Å². The van der Waals surface area contributed by atoms with E-state index in [1.54, 1.807) is 0 Å². The summed E-state index contributed by atoms with van der Waals surface area (Å²) in [5.74, 6) is 2.42. The second-order valence-electron chi connectivity index (χ2n) is 4.81. The van der Waals surface area contributed by atoms with E-state index < -0.39 is 0 Å². The monoisotopic (exact) mass is 228 g/mol. The first kappa shape index (κ1) is 14.1. The molecule has 0 spiro atoms. The number of hydrogen-bond donors (Lipinski definition) is 0. The van der Waals surface area contributed by atoms with Gasteiger partial charge in [0, 0.05) is 0 Å². The van der Waals surface area contributed by atoms with Crippen LogP contribution in [0, 0.1) is 0 Å². The van der Waals surface area contributed by atoms with Gasteiger partial charge >= 0.3 is 0 Å². The number of hydrogen-bond acceptors (Lipinski definition) is 0. The van der Waals surface area contributed by atoms with Gasteiger partial charge < -0.3 is 0 Å². The smallest absolute Gasteiger partial charge is 0.114 e. The van der Waals surface area contributed by atoms with Gasteiger partial charge in [0.2, 0.25) is 0 Å². The molecule has 0 aliphatic heterocycles. The van der Waals surface area contributed by atoms with Crippen molar-refractivity contribution in [2.24, 2.45) is 0 Å². The van der Waals surface area contributed by atoms with Crippen molar-refractivity contribution in [1.29, 1.82) is 0 Å². The maximum atomic E-state index is 2.42. The van der Waals surface area contributed by atoms with Gasteiger partial charge in [-0.1, -0.05) is 88.6 Å². The predicted molar refractivity (Wildman–Crippen MR) is 80.7 cm³/mol. The molecule has 1 aromatic carbocycles. The molecule has 0 aromatic heterocycles. The largest absolute Gasteiger partial charge is 0.166 e. The molecular weight excluding hydrogens is 203 g/mol. The molecule has 0 radical (unpaired) electrons. The van der Waals surface area contributed by atoms with Gasteiger partial charge in [-0.3, -0.25) is 0 Å². The van der Waals surface area contributed by atoms with Crippen LogP contribution >= 0.6 is 0 Å². The summed E-state index contributed by atoms with van der Waals surface area (Å²) in [6.45, 7) is 5.32. The molecule has 1 aromatic rings. The van der Waals surface area contributed by atoms with Gasteiger partial charge in [-0.05, 0) is 5.56 Å². The van der Waals surface area contributed by atoms with E-state index in [4.69, 9.17) is 0 Å². The van der Waals surface area contributed by atoms with E-state index in [1.807, 2.05) is 0 Å². The summed E-state index contributed by atoms with van der Waals surface area (Å²) in [6, 6.07) is 10.6. The van der Waals surface area contributed by atoms with Crippen LogP contribution < -0.4 is 0 Å². The Balaban J connectivity index is 2.49. The molecule has 0 unspecified atom stereocenters. The Morgan fingerprint density at radius 1 is 0.941 bits per heavy atom. The Hall–Kier alpha value is -0.975. The summed E-state index contributed by atoms with van der Waals surface area (Å²) in [4.78, 5) is 0. The zero-order valence-corrected chi connectivity index (χ0v) is 11.4. The summed E-state index contributed by atoms with van der Waals surface area (Å²) >= 11 is 0. The molecule has 0 bridgehead atoms. The SMILES string of the molecule is CCCCB(C=Cc1ccccc1)CCCC. The van der Waals surface area contributed by atoms with Crippen molar-refractivity contribution in [1.82, 2.24) is 0 Å². The van der Waals surface area contributed by atoms with Crippen molar-refractivity contribution in [2.75, 3.05) is 0 Å². The maximum Gasteiger partial charge on any atom is 0.166 e. The second-order valence-corrected chi connectivity index (χ2v) is 4.81. The van der Waals surface area contributed by atoms with Crippen molar-refractivity contribution in [3.05, 3.63) is 41.9 Å². The first-order chi connectivity index (χ1) is 8.36. The highest BCUT2D eigenvalue weighted by molar-refractivity contribution is 6.64. The Morgan fingerprint density at radius 2 is 1.53 bits per heavy atom. The fourth-order valence-corrected chi connectivity index (χ4v) is 2.08. The molecule has 0 fully saturated rings. The van der Waals surface area contributed by atoms with Crippen molar-refractivity contribution >= 4 is 12.8 Å². The Bertz CT molecular complexity index is 295. The highest BCUT2D eigenvalue weighted by Crippen LogP contribution is 2.12. The van der Waals surface area contributed by atoms with Gasteiger partial charge in [0.25, 0.3) is 0 Å². The number of benzene rings is 1. The van der Waals surface area contributed by atoms with Crippen LogP contribution in [0.15, 0.2) is 36.3 Å². The summed E-state index contributed by atoms with van der Waals surface area (Å²) in [6.07, 6.45) is 10.3. The highest BCUT2D eigenvalue weighted by Gasteiger charge is 2.07. The lowest BCUT2D eigenvalue weighted by Crippen LogP contribution is -2.08. The molecule has 0 aliphatic rings. The van der Waals surface area contributed by atoms with Crippen LogP contribution in [0.4, 0.5) is 0 Å². The molecule has 0 saturated heterocycles. The molecule has 0 heterocycles. The fraction of sp³-hybridized carbons (Fsp3) is 0.500. The maximum absolute atomic E-state index is 2.42. The van der Waals surface area contributed by atoms with Gasteiger partial charge in [0.05, 0.1) is 0 Å². The van der Waals surface area contributed by atoms with Crippen LogP contribution in [0.5, 0.6) is 0 Å². The van der Waals surface area contributed by atoms with E-state index in [0.717, 1.165) is 6.71 Å². The van der Waals surface area contributed by atoms with E-state index in [2.05, 4.69) is 56.2 Å². The minimum absolute atomic E-state index is 0.773. The van der Waals surface area contributed by atoms with Crippen LogP contribution in [0.3, 0.4) is 0 Å². The number of rotatable bonds is 8. The van der Waals surface area contributed by atoms with Crippen molar-refractivity contribution in [2.45, 2.75) is 52.2 Å². The molecule has 0 N–H and O–H groups in total. The zero-order chi connectivity index (χ0) is 12.3. The van der Waals surface area contributed by atoms with Crippen LogP contribution in [0.2, 0.25) is 12.6 Å². The fourth-order valence-electron chi connectivity index (χ4n) is 2.08. The molecule has 0 amide bonds. The molecule has 0 aliphatic carbocycles. The summed E-state index contributed by atoms with van der Waals surface area (Å²) in [5.41, 5.74) is 1.32. The van der Waals surface area contributed by atoms with E-state index in [-0.39, 0.29) is 0 Å². The van der Waals surface area contributed by atoms with Crippen molar-refractivity contribution in [3.8, 4) is 0 Å². The van der Waals surface area contributed by atoms with Crippen molar-refractivity contribution < 1.29 is 0 Å². The first-order valence-corrected chi connectivity index (χ1v) is 7.10. The van der Waals surface area contributed by atoms with E-state index >= 15 is 0 Å². The van der Waals surface area contributed by atoms with Crippen molar-refractivity contribution in [3.63, 3.8) is 0 Å². The molecule has 1 rings (SSSR count).